The van der Waals surface area contributed by atoms with Gasteiger partial charge in [-0.05, 0) is 24.3 Å². The molecule has 0 fully saturated rings. The third-order valence-corrected chi connectivity index (χ3v) is 4.32. The maximum atomic E-state index is 5.45. The van der Waals surface area contributed by atoms with Gasteiger partial charge in [0.2, 0.25) is 0 Å². The molecule has 26 heavy (non-hydrogen) atoms. The number of hydrogen-bond donors (Lipinski definition) is 0. The van der Waals surface area contributed by atoms with Gasteiger partial charge in [-0.1, -0.05) is 30.3 Å². The van der Waals surface area contributed by atoms with Gasteiger partial charge in [-0.2, -0.15) is 5.10 Å². The Balaban J connectivity index is 1.74. The summed E-state index contributed by atoms with van der Waals surface area (Å²) in [5, 5.41) is 14.0. The van der Waals surface area contributed by atoms with Crippen LogP contribution in [0.3, 0.4) is 0 Å². The first-order valence-corrected chi connectivity index (χ1v) is 8.13. The summed E-state index contributed by atoms with van der Waals surface area (Å²) in [5.74, 6) is 1.42. The van der Waals surface area contributed by atoms with E-state index in [0.29, 0.717) is 11.5 Å². The molecule has 0 saturated heterocycles. The van der Waals surface area contributed by atoms with Crippen molar-refractivity contribution in [1.29, 1.82) is 0 Å². The molecule has 0 unspecified atom stereocenters. The highest BCUT2D eigenvalue weighted by atomic mass is 16.5. The highest BCUT2D eigenvalue weighted by Crippen LogP contribution is 2.29. The largest absolute Gasteiger partial charge is 0.496 e. The minimum Gasteiger partial charge on any atom is -0.496 e. The van der Waals surface area contributed by atoms with Crippen molar-refractivity contribution in [3.63, 3.8) is 0 Å². The Bertz CT molecular complexity index is 1220. The smallest absolute Gasteiger partial charge is 0.175 e. The van der Waals surface area contributed by atoms with Crippen molar-refractivity contribution in [2.45, 2.75) is 0 Å². The summed E-state index contributed by atoms with van der Waals surface area (Å²) in [6, 6.07) is 17.6. The van der Waals surface area contributed by atoms with Gasteiger partial charge in [0, 0.05) is 0 Å². The predicted molar refractivity (Wildman–Crippen MR) is 97.4 cm³/mol. The molecule has 0 spiro atoms. The van der Waals surface area contributed by atoms with Gasteiger partial charge in [0.05, 0.1) is 29.9 Å². The molecule has 7 nitrogen and oxygen atoms in total. The van der Waals surface area contributed by atoms with Gasteiger partial charge < -0.3 is 4.74 Å². The van der Waals surface area contributed by atoms with Crippen molar-refractivity contribution in [1.82, 2.24) is 29.4 Å². The van der Waals surface area contributed by atoms with Crippen molar-refractivity contribution in [3.05, 3.63) is 67.1 Å². The van der Waals surface area contributed by atoms with Gasteiger partial charge >= 0.3 is 0 Å². The van der Waals surface area contributed by atoms with E-state index in [0.717, 1.165) is 28.0 Å². The number of para-hydroxylation sites is 2. The Morgan fingerprint density at radius 1 is 0.885 bits per heavy atom. The van der Waals surface area contributed by atoms with Crippen LogP contribution in [0.25, 0.3) is 33.8 Å². The second kappa shape index (κ2) is 5.66. The molecule has 5 aromatic rings. The maximum Gasteiger partial charge on any atom is 0.175 e. The summed E-state index contributed by atoms with van der Waals surface area (Å²) in [4.78, 5) is 4.60. The van der Waals surface area contributed by atoms with Crippen LogP contribution >= 0.6 is 0 Å². The quantitative estimate of drug-likeness (QED) is 0.504. The standard InChI is InChI=1S/C19H14N6O/c1-26-16-10-6-5-9-14(16)18-22-23-19-15-11-21-25(13-7-3-2-4-8-13)17(15)20-12-24(18)19/h2-12H,1H3. The van der Waals surface area contributed by atoms with Crippen LogP contribution < -0.4 is 4.74 Å². The molecule has 3 aromatic heterocycles. The molecule has 126 valence electrons. The molecular formula is C19H14N6O. The van der Waals surface area contributed by atoms with E-state index >= 15 is 0 Å². The lowest BCUT2D eigenvalue weighted by Gasteiger charge is -2.06. The average Bonchev–Trinajstić information content (AvgIpc) is 3.32. The van der Waals surface area contributed by atoms with E-state index in [2.05, 4.69) is 20.3 Å². The van der Waals surface area contributed by atoms with E-state index in [4.69, 9.17) is 4.74 Å². The molecule has 0 aliphatic carbocycles. The molecule has 2 aromatic carbocycles. The van der Waals surface area contributed by atoms with Gasteiger partial charge in [0.25, 0.3) is 0 Å². The van der Waals surface area contributed by atoms with Gasteiger partial charge in [-0.25, -0.2) is 9.67 Å². The van der Waals surface area contributed by atoms with Crippen molar-refractivity contribution < 1.29 is 4.74 Å². The molecule has 7 heteroatoms. The summed E-state index contributed by atoms with van der Waals surface area (Å²) in [6.45, 7) is 0. The zero-order valence-electron chi connectivity index (χ0n) is 13.9. The minimum absolute atomic E-state index is 0.680. The fraction of sp³-hybridized carbons (Fsp3) is 0.0526. The Morgan fingerprint density at radius 3 is 2.54 bits per heavy atom. The van der Waals surface area contributed by atoms with E-state index in [9.17, 15) is 0 Å². The molecule has 0 aliphatic rings. The minimum atomic E-state index is 0.680. The highest BCUT2D eigenvalue weighted by Gasteiger charge is 2.17. The SMILES string of the molecule is COc1ccccc1-c1nnc2c3cnn(-c4ccccc4)c3ncn12. The number of hydrogen-bond acceptors (Lipinski definition) is 5. The van der Waals surface area contributed by atoms with Crippen molar-refractivity contribution in [2.24, 2.45) is 0 Å². The number of rotatable bonds is 3. The monoisotopic (exact) mass is 342 g/mol. The third kappa shape index (κ3) is 2.07. The van der Waals surface area contributed by atoms with Crippen LogP contribution in [0.1, 0.15) is 0 Å². The van der Waals surface area contributed by atoms with Crippen LogP contribution in [-0.2, 0) is 0 Å². The zero-order valence-corrected chi connectivity index (χ0v) is 13.9. The van der Waals surface area contributed by atoms with E-state index < -0.39 is 0 Å². The Hall–Kier alpha value is -3.74. The van der Waals surface area contributed by atoms with Crippen LogP contribution in [0, 0.1) is 0 Å². The second-order valence-electron chi connectivity index (χ2n) is 5.79. The van der Waals surface area contributed by atoms with E-state index in [1.807, 2.05) is 59.0 Å². The normalized spacial score (nSPS) is 11.3. The molecule has 0 atom stereocenters. The summed E-state index contributed by atoms with van der Waals surface area (Å²) < 4.78 is 9.11. The average molecular weight is 342 g/mol. The number of fused-ring (bicyclic) bond motifs is 3. The van der Waals surface area contributed by atoms with Crippen LogP contribution in [0.5, 0.6) is 5.75 Å². The predicted octanol–water partition coefficient (Wildman–Crippen LogP) is 3.14. The molecule has 0 amide bonds. The molecule has 0 aliphatic heterocycles. The lowest BCUT2D eigenvalue weighted by Crippen LogP contribution is -1.99. The van der Waals surface area contributed by atoms with Crippen molar-refractivity contribution >= 4 is 16.7 Å². The summed E-state index contributed by atoms with van der Waals surface area (Å²) >= 11 is 0. The number of nitrogens with zero attached hydrogens (tertiary/aromatic N) is 6. The lowest BCUT2D eigenvalue weighted by molar-refractivity contribution is 0.416. The Morgan fingerprint density at radius 2 is 1.69 bits per heavy atom. The first kappa shape index (κ1) is 14.6. The molecular weight excluding hydrogens is 328 g/mol. The number of ether oxygens (including phenoxy) is 1. The van der Waals surface area contributed by atoms with Gasteiger partial charge in [0.15, 0.2) is 17.1 Å². The number of methoxy groups -OCH3 is 1. The zero-order chi connectivity index (χ0) is 17.5. The molecule has 3 heterocycles. The molecule has 0 bridgehead atoms. The number of benzene rings is 2. The highest BCUT2D eigenvalue weighted by molar-refractivity contribution is 5.90. The van der Waals surface area contributed by atoms with E-state index in [-0.39, 0.29) is 0 Å². The maximum absolute atomic E-state index is 5.45. The van der Waals surface area contributed by atoms with Crippen molar-refractivity contribution in [3.8, 4) is 22.8 Å². The van der Waals surface area contributed by atoms with E-state index in [1.165, 1.54) is 0 Å². The fourth-order valence-electron chi connectivity index (χ4n) is 3.09. The summed E-state index contributed by atoms with van der Waals surface area (Å²) in [5.41, 5.74) is 3.25. The van der Waals surface area contributed by atoms with Crippen LogP contribution in [0.2, 0.25) is 0 Å². The second-order valence-corrected chi connectivity index (χ2v) is 5.79. The van der Waals surface area contributed by atoms with Gasteiger partial charge in [-0.15, -0.1) is 10.2 Å². The van der Waals surface area contributed by atoms with Crippen LogP contribution in [-0.4, -0.2) is 36.5 Å². The summed E-state index contributed by atoms with van der Waals surface area (Å²) in [7, 11) is 1.64. The lowest BCUT2D eigenvalue weighted by atomic mass is 10.2. The Kier molecular flexibility index (Phi) is 3.18. The summed E-state index contributed by atoms with van der Waals surface area (Å²) in [6.07, 6.45) is 3.49. The molecule has 0 saturated carbocycles. The first-order chi connectivity index (χ1) is 12.9. The van der Waals surface area contributed by atoms with Crippen molar-refractivity contribution in [2.75, 3.05) is 7.11 Å². The van der Waals surface area contributed by atoms with Crippen LogP contribution in [0.15, 0.2) is 67.1 Å². The topological polar surface area (TPSA) is 70.1 Å². The van der Waals surface area contributed by atoms with Crippen LogP contribution in [0.4, 0.5) is 0 Å². The van der Waals surface area contributed by atoms with Gasteiger partial charge in [0.1, 0.15) is 12.1 Å². The number of aromatic nitrogens is 6. The molecule has 5 rings (SSSR count). The third-order valence-electron chi connectivity index (χ3n) is 4.32. The fourth-order valence-corrected chi connectivity index (χ4v) is 3.09. The van der Waals surface area contributed by atoms with E-state index in [1.54, 1.807) is 24.3 Å². The Labute approximate surface area is 148 Å². The molecule has 0 radical (unpaired) electrons. The molecule has 0 N–H and O–H groups in total. The first-order valence-electron chi connectivity index (χ1n) is 8.13. The van der Waals surface area contributed by atoms with Gasteiger partial charge in [-0.3, -0.25) is 4.40 Å².